The van der Waals surface area contributed by atoms with Crippen molar-refractivity contribution in [2.24, 2.45) is 5.92 Å². The third-order valence-corrected chi connectivity index (χ3v) is 22.1. The predicted molar refractivity (Wildman–Crippen MR) is 262 cm³/mol. The molecule has 1 unspecified atom stereocenters. The van der Waals surface area contributed by atoms with Gasteiger partial charge in [-0.15, -0.1) is 0 Å². The number of ether oxygens (including phenoxy) is 2. The number of carbonyl (C=O) groups is 2. The van der Waals surface area contributed by atoms with Gasteiger partial charge in [-0.1, -0.05) is 181 Å². The van der Waals surface area contributed by atoms with Crippen LogP contribution in [-0.2, 0) is 29.5 Å². The molecule has 0 aliphatic rings. The quantitative estimate of drug-likeness (QED) is 0.0437. The number of hydrogen-bond donors (Lipinski definition) is 0. The van der Waals surface area contributed by atoms with E-state index in [1.165, 1.54) is 17.5 Å². The van der Waals surface area contributed by atoms with Crippen LogP contribution >= 0.6 is 0 Å². The first-order chi connectivity index (χ1) is 30.0. The minimum Gasteiger partial charge on any atom is -0.469 e. The summed E-state index contributed by atoms with van der Waals surface area (Å²) in [4.78, 5) is 26.7. The van der Waals surface area contributed by atoms with Crippen LogP contribution in [0.3, 0.4) is 0 Å². The summed E-state index contributed by atoms with van der Waals surface area (Å²) in [6.07, 6.45) is 2.97. The van der Waals surface area contributed by atoms with Crippen molar-refractivity contribution >= 4 is 55.4 Å². The Morgan fingerprint density at radius 3 is 1.60 bits per heavy atom. The molecule has 0 spiro atoms. The molecule has 5 rings (SSSR count). The summed E-state index contributed by atoms with van der Waals surface area (Å²) < 4.78 is 32.1. The number of rotatable bonds is 20. The topological polar surface area (TPSA) is 84.2 Å². The average Bonchev–Trinajstić information content (AvgIpc) is 3.66. The Labute approximate surface area is 378 Å². The van der Waals surface area contributed by atoms with Crippen LogP contribution in [0.2, 0.25) is 10.1 Å². The molecule has 5 aromatic rings. The van der Waals surface area contributed by atoms with Crippen LogP contribution in [0.25, 0.3) is 6.08 Å². The summed E-state index contributed by atoms with van der Waals surface area (Å²) in [6.45, 7) is 24.5. The van der Waals surface area contributed by atoms with E-state index in [-0.39, 0.29) is 35.0 Å². The molecule has 0 amide bonds. The van der Waals surface area contributed by atoms with Gasteiger partial charge < -0.3 is 22.7 Å². The van der Waals surface area contributed by atoms with Gasteiger partial charge in [-0.3, -0.25) is 4.79 Å². The summed E-state index contributed by atoms with van der Waals surface area (Å²) in [5.41, 5.74) is 2.32. The third kappa shape index (κ3) is 11.6. The molecule has 9 heteroatoms. The molecule has 4 aromatic carbocycles. The lowest BCUT2D eigenvalue weighted by molar-refractivity contribution is -0.142. The first-order valence-electron chi connectivity index (χ1n) is 22.2. The maximum absolute atomic E-state index is 13.6. The van der Waals surface area contributed by atoms with Crippen molar-refractivity contribution in [3.63, 3.8) is 0 Å². The second kappa shape index (κ2) is 21.5. The number of esters is 2. The number of hydrogen-bond acceptors (Lipinski definition) is 7. The highest BCUT2D eigenvalue weighted by Crippen LogP contribution is 2.40. The molecule has 2 atom stereocenters. The molecular weight excluding hydrogens is 817 g/mol. The molecule has 334 valence electrons. The van der Waals surface area contributed by atoms with Gasteiger partial charge in [0, 0.05) is 13.0 Å². The maximum Gasteiger partial charge on any atom is 0.341 e. The van der Waals surface area contributed by atoms with Crippen LogP contribution in [-0.4, -0.2) is 55.0 Å². The number of carbonyl (C=O) groups excluding carboxylic acids is 2. The van der Waals surface area contributed by atoms with Crippen LogP contribution in [0.15, 0.2) is 150 Å². The van der Waals surface area contributed by atoms with Crippen molar-refractivity contribution in [3.8, 4) is 0 Å². The Bertz CT molecular complexity index is 2190. The van der Waals surface area contributed by atoms with E-state index < -0.39 is 28.7 Å². The van der Waals surface area contributed by atoms with Gasteiger partial charge in [0.2, 0.25) is 0 Å². The van der Waals surface area contributed by atoms with E-state index in [0.717, 1.165) is 21.5 Å². The fourth-order valence-corrected chi connectivity index (χ4v) is 18.1. The Hall–Kier alpha value is -5.07. The molecule has 0 saturated carbocycles. The normalized spacial score (nSPS) is 13.6. The SMILES string of the molecule is C=C(C)C(Cc1oc(/C=C(/C)CCO[Si](c2ccccc2)(c2ccccc2)C(C)(C)C)cc1C(=O)OCC)C[C@@H](CC(=O)OC)O[Si](c1ccccc1)(c1ccccc1)C(C)(C)C. The number of methoxy groups -OCH3 is 1. The zero-order chi connectivity index (χ0) is 45.8. The molecule has 1 heterocycles. The van der Waals surface area contributed by atoms with Gasteiger partial charge in [0.1, 0.15) is 17.1 Å². The van der Waals surface area contributed by atoms with Crippen molar-refractivity contribution in [1.29, 1.82) is 0 Å². The molecule has 0 aliphatic heterocycles. The largest absolute Gasteiger partial charge is 0.469 e. The summed E-state index contributed by atoms with van der Waals surface area (Å²) in [6, 6.07) is 43.8. The molecule has 0 N–H and O–H groups in total. The van der Waals surface area contributed by atoms with E-state index in [9.17, 15) is 9.59 Å². The Kier molecular flexibility index (Phi) is 16.7. The lowest BCUT2D eigenvalue weighted by Gasteiger charge is -2.45. The first-order valence-corrected chi connectivity index (χ1v) is 26.0. The van der Waals surface area contributed by atoms with Gasteiger partial charge in [0.05, 0.1) is 26.2 Å². The first kappa shape index (κ1) is 49.0. The van der Waals surface area contributed by atoms with Crippen molar-refractivity contribution in [2.75, 3.05) is 20.3 Å². The standard InChI is InChI=1S/C54H68O7Si2/c1-12-58-52(56)49-38-43(35-41(4)33-34-59-62(53(5,6)7,45-25-17-13-18-26-45)46-27-19-14-20-28-46)60-50(49)37-42(40(2)3)36-44(39-51(55)57-11)61-63(54(8,9)10,47-29-21-15-22-30-47)48-31-23-16-24-32-48/h13-32,35,38,42,44H,2,12,33-34,36-37,39H2,1,3-11H3/b41-35-/t42?,44-/m0/s1. The highest BCUT2D eigenvalue weighted by Gasteiger charge is 2.52. The second-order valence-corrected chi connectivity index (χ2v) is 27.2. The molecule has 0 radical (unpaired) electrons. The zero-order valence-corrected chi connectivity index (χ0v) is 41.2. The van der Waals surface area contributed by atoms with Crippen LogP contribution in [0.5, 0.6) is 0 Å². The number of allylic oxidation sites excluding steroid dienone is 1. The smallest absolute Gasteiger partial charge is 0.341 e. The van der Waals surface area contributed by atoms with Crippen LogP contribution in [0.4, 0.5) is 0 Å². The predicted octanol–water partition coefficient (Wildman–Crippen LogP) is 10.5. The minimum atomic E-state index is -3.06. The molecule has 1 aromatic heterocycles. The van der Waals surface area contributed by atoms with E-state index >= 15 is 0 Å². The molecule has 0 aliphatic carbocycles. The van der Waals surface area contributed by atoms with Crippen molar-refractivity contribution in [3.05, 3.63) is 162 Å². The average molecular weight is 885 g/mol. The van der Waals surface area contributed by atoms with E-state index in [1.807, 2.05) is 49.4 Å². The summed E-state index contributed by atoms with van der Waals surface area (Å²) in [5.74, 6) is 0.0524. The maximum atomic E-state index is 13.6. The van der Waals surface area contributed by atoms with Gasteiger partial charge in [0.25, 0.3) is 16.6 Å². The van der Waals surface area contributed by atoms with Crippen molar-refractivity contribution < 1.29 is 32.3 Å². The number of benzene rings is 4. The Morgan fingerprint density at radius 2 is 1.19 bits per heavy atom. The molecule has 7 nitrogen and oxygen atoms in total. The van der Waals surface area contributed by atoms with E-state index in [4.69, 9.17) is 22.7 Å². The van der Waals surface area contributed by atoms with Gasteiger partial charge in [-0.2, -0.15) is 0 Å². The minimum absolute atomic E-state index is 0.0524. The Morgan fingerprint density at radius 1 is 0.730 bits per heavy atom. The van der Waals surface area contributed by atoms with Gasteiger partial charge in [0.15, 0.2) is 0 Å². The summed E-state index contributed by atoms with van der Waals surface area (Å²) in [7, 11) is -4.37. The summed E-state index contributed by atoms with van der Waals surface area (Å²) in [5, 5.41) is 4.24. The van der Waals surface area contributed by atoms with Crippen LogP contribution in [0, 0.1) is 5.92 Å². The van der Waals surface area contributed by atoms with Crippen LogP contribution in [0.1, 0.15) is 103 Å². The molecule has 0 bridgehead atoms. The van der Waals surface area contributed by atoms with Gasteiger partial charge >= 0.3 is 11.9 Å². The molecular formula is C54H68O7Si2. The van der Waals surface area contributed by atoms with Gasteiger partial charge in [-0.25, -0.2) is 4.79 Å². The molecule has 0 fully saturated rings. The lowest BCUT2D eigenvalue weighted by Crippen LogP contribution is -2.67. The van der Waals surface area contributed by atoms with Gasteiger partial charge in [-0.05, 0) is 82.5 Å². The van der Waals surface area contributed by atoms with E-state index in [1.54, 1.807) is 13.0 Å². The third-order valence-electron chi connectivity index (χ3n) is 12.0. The Balaban J connectivity index is 1.46. The fourth-order valence-electron chi connectivity index (χ4n) is 8.88. The molecule has 63 heavy (non-hydrogen) atoms. The second-order valence-electron chi connectivity index (χ2n) is 18.6. The lowest BCUT2D eigenvalue weighted by atomic mass is 9.89. The van der Waals surface area contributed by atoms with Crippen molar-refractivity contribution in [2.45, 2.75) is 104 Å². The van der Waals surface area contributed by atoms with Crippen LogP contribution < -0.4 is 20.7 Å². The van der Waals surface area contributed by atoms with E-state index in [0.29, 0.717) is 43.0 Å². The summed E-state index contributed by atoms with van der Waals surface area (Å²) >= 11 is 0. The highest BCUT2D eigenvalue weighted by molar-refractivity contribution is 7.00. The van der Waals surface area contributed by atoms with Crippen molar-refractivity contribution in [1.82, 2.24) is 0 Å². The highest BCUT2D eigenvalue weighted by atomic mass is 28.4. The number of furan rings is 1. The monoisotopic (exact) mass is 884 g/mol. The zero-order valence-electron chi connectivity index (χ0n) is 39.2. The van der Waals surface area contributed by atoms with E-state index in [2.05, 4.69) is 140 Å². The fraction of sp³-hybridized carbons (Fsp3) is 0.370. The molecule has 0 saturated heterocycles.